The minimum Gasteiger partial charge on any atom is -0.333 e. The van der Waals surface area contributed by atoms with Crippen LogP contribution in [0.15, 0.2) is 47.3 Å². The fourth-order valence-electron chi connectivity index (χ4n) is 3.21. The predicted molar refractivity (Wildman–Crippen MR) is 102 cm³/mol. The number of hydrogen-bond donors (Lipinski definition) is 0. The van der Waals surface area contributed by atoms with Crippen LogP contribution in [0.4, 0.5) is 0 Å². The molecule has 0 spiro atoms. The third-order valence-corrected chi connectivity index (χ3v) is 4.93. The number of carbonyl (C=O) groups is 1. The SMILES string of the molecule is Cc1cc(C(=O)N2CC(n3nc(-c4ccc(Cl)cc4)ccc3=O)C2)n(C)n1. The van der Waals surface area contributed by atoms with Crippen LogP contribution in [0.1, 0.15) is 22.2 Å². The second-order valence-electron chi connectivity index (χ2n) is 6.67. The summed E-state index contributed by atoms with van der Waals surface area (Å²) in [7, 11) is 1.75. The Morgan fingerprint density at radius 3 is 2.44 bits per heavy atom. The average Bonchev–Trinajstić information content (AvgIpc) is 2.94. The lowest BCUT2D eigenvalue weighted by Gasteiger charge is -2.39. The van der Waals surface area contributed by atoms with Gasteiger partial charge in [-0.2, -0.15) is 10.2 Å². The standard InChI is InChI=1S/C19H18ClN5O2/c1-12-9-17(23(2)21-12)19(27)24-10-15(11-24)25-18(26)8-7-16(22-25)13-3-5-14(20)6-4-13/h3-9,15H,10-11H2,1-2H3. The van der Waals surface area contributed by atoms with Crippen molar-refractivity contribution in [2.75, 3.05) is 13.1 Å². The van der Waals surface area contributed by atoms with Crippen molar-refractivity contribution in [3.05, 3.63) is 69.2 Å². The number of aromatic nitrogens is 4. The predicted octanol–water partition coefficient (Wildman–Crippen LogP) is 2.30. The molecule has 3 heterocycles. The molecule has 7 nitrogen and oxygen atoms in total. The van der Waals surface area contributed by atoms with Gasteiger partial charge in [-0.3, -0.25) is 14.3 Å². The Hall–Kier alpha value is -2.93. The maximum atomic E-state index is 12.6. The van der Waals surface area contributed by atoms with Crippen molar-refractivity contribution in [1.29, 1.82) is 0 Å². The zero-order valence-electron chi connectivity index (χ0n) is 15.0. The molecule has 1 aliphatic heterocycles. The van der Waals surface area contributed by atoms with Crippen molar-refractivity contribution in [3.63, 3.8) is 0 Å². The number of aryl methyl sites for hydroxylation is 2. The summed E-state index contributed by atoms with van der Waals surface area (Å²) >= 11 is 5.93. The first-order chi connectivity index (χ1) is 12.9. The molecule has 3 aromatic rings. The molecule has 138 valence electrons. The van der Waals surface area contributed by atoms with Crippen molar-refractivity contribution >= 4 is 17.5 Å². The van der Waals surface area contributed by atoms with E-state index in [-0.39, 0.29) is 17.5 Å². The number of carbonyl (C=O) groups excluding carboxylic acids is 1. The molecule has 0 radical (unpaired) electrons. The quantitative estimate of drug-likeness (QED) is 0.695. The van der Waals surface area contributed by atoms with Crippen LogP contribution in [0.3, 0.4) is 0 Å². The molecule has 1 aromatic carbocycles. The van der Waals surface area contributed by atoms with Crippen LogP contribution in [0.25, 0.3) is 11.3 Å². The Bertz CT molecular complexity index is 1060. The van der Waals surface area contributed by atoms with Gasteiger partial charge in [-0.1, -0.05) is 23.7 Å². The highest BCUT2D eigenvalue weighted by Gasteiger charge is 2.35. The molecule has 1 amide bonds. The van der Waals surface area contributed by atoms with E-state index in [1.165, 1.54) is 10.7 Å². The van der Waals surface area contributed by atoms with Crippen LogP contribution >= 0.6 is 11.6 Å². The Labute approximate surface area is 160 Å². The molecule has 1 saturated heterocycles. The smallest absolute Gasteiger partial charge is 0.272 e. The Morgan fingerprint density at radius 1 is 1.11 bits per heavy atom. The Morgan fingerprint density at radius 2 is 1.81 bits per heavy atom. The number of amides is 1. The van der Waals surface area contributed by atoms with Gasteiger partial charge in [0.05, 0.1) is 17.4 Å². The summed E-state index contributed by atoms with van der Waals surface area (Å²) < 4.78 is 3.04. The fourth-order valence-corrected chi connectivity index (χ4v) is 3.34. The lowest BCUT2D eigenvalue weighted by atomic mass is 10.1. The summed E-state index contributed by atoms with van der Waals surface area (Å²) in [6.07, 6.45) is 0. The molecule has 0 N–H and O–H groups in total. The second-order valence-corrected chi connectivity index (χ2v) is 7.10. The van der Waals surface area contributed by atoms with Crippen LogP contribution in [0.5, 0.6) is 0 Å². The van der Waals surface area contributed by atoms with Gasteiger partial charge in [0.15, 0.2) is 0 Å². The summed E-state index contributed by atoms with van der Waals surface area (Å²) in [5.74, 6) is -0.0868. The molecule has 8 heteroatoms. The van der Waals surface area contributed by atoms with Gasteiger partial charge in [-0.05, 0) is 31.2 Å². The zero-order valence-corrected chi connectivity index (χ0v) is 15.7. The van der Waals surface area contributed by atoms with Crippen LogP contribution < -0.4 is 5.56 Å². The van der Waals surface area contributed by atoms with Crippen molar-refractivity contribution in [2.45, 2.75) is 13.0 Å². The maximum Gasteiger partial charge on any atom is 0.272 e. The molecule has 0 atom stereocenters. The molecule has 1 aliphatic rings. The minimum atomic E-state index is -0.179. The highest BCUT2D eigenvalue weighted by molar-refractivity contribution is 6.30. The van der Waals surface area contributed by atoms with Gasteiger partial charge in [-0.25, -0.2) is 4.68 Å². The van der Waals surface area contributed by atoms with Gasteiger partial charge >= 0.3 is 0 Å². The van der Waals surface area contributed by atoms with E-state index in [0.717, 1.165) is 11.3 Å². The van der Waals surface area contributed by atoms with Gasteiger partial charge < -0.3 is 4.90 Å². The van der Waals surface area contributed by atoms with Crippen molar-refractivity contribution in [1.82, 2.24) is 24.5 Å². The third kappa shape index (κ3) is 3.26. The summed E-state index contributed by atoms with van der Waals surface area (Å²) in [5, 5.41) is 9.34. The van der Waals surface area contributed by atoms with E-state index >= 15 is 0 Å². The van der Waals surface area contributed by atoms with Crippen molar-refractivity contribution in [3.8, 4) is 11.3 Å². The molecule has 0 unspecified atom stereocenters. The van der Waals surface area contributed by atoms with Gasteiger partial charge in [0.25, 0.3) is 11.5 Å². The first kappa shape index (κ1) is 17.5. The molecule has 27 heavy (non-hydrogen) atoms. The van der Waals surface area contributed by atoms with E-state index in [9.17, 15) is 9.59 Å². The minimum absolute atomic E-state index is 0.0868. The largest absolute Gasteiger partial charge is 0.333 e. The van der Waals surface area contributed by atoms with E-state index in [0.29, 0.717) is 29.5 Å². The van der Waals surface area contributed by atoms with Gasteiger partial charge in [0.1, 0.15) is 5.69 Å². The monoisotopic (exact) mass is 383 g/mol. The number of rotatable bonds is 3. The summed E-state index contributed by atoms with van der Waals surface area (Å²) in [5.41, 5.74) is 2.73. The highest BCUT2D eigenvalue weighted by Crippen LogP contribution is 2.23. The second kappa shape index (κ2) is 6.66. The van der Waals surface area contributed by atoms with E-state index in [4.69, 9.17) is 11.6 Å². The third-order valence-electron chi connectivity index (χ3n) is 4.68. The van der Waals surface area contributed by atoms with Crippen LogP contribution in [0.2, 0.25) is 5.02 Å². The van der Waals surface area contributed by atoms with E-state index < -0.39 is 0 Å². The molecular weight excluding hydrogens is 366 g/mol. The fraction of sp³-hybridized carbons (Fsp3) is 0.263. The summed E-state index contributed by atoms with van der Waals surface area (Å²) in [4.78, 5) is 26.5. The number of nitrogens with zero attached hydrogens (tertiary/aromatic N) is 5. The molecule has 0 aliphatic carbocycles. The lowest BCUT2D eigenvalue weighted by Crippen LogP contribution is -2.53. The molecule has 1 fully saturated rings. The van der Waals surface area contributed by atoms with E-state index in [1.54, 1.807) is 40.9 Å². The zero-order chi connectivity index (χ0) is 19.1. The molecule has 4 rings (SSSR count). The molecule has 0 bridgehead atoms. The van der Waals surface area contributed by atoms with E-state index in [1.807, 2.05) is 19.1 Å². The van der Waals surface area contributed by atoms with Crippen LogP contribution in [-0.2, 0) is 7.05 Å². The summed E-state index contributed by atoms with van der Waals surface area (Å²) in [6, 6.07) is 12.1. The average molecular weight is 384 g/mol. The van der Waals surface area contributed by atoms with Crippen molar-refractivity contribution in [2.24, 2.45) is 7.05 Å². The molecule has 2 aromatic heterocycles. The first-order valence-corrected chi connectivity index (χ1v) is 8.96. The summed E-state index contributed by atoms with van der Waals surface area (Å²) in [6.45, 7) is 2.74. The molecule has 0 saturated carbocycles. The normalized spacial score (nSPS) is 14.3. The van der Waals surface area contributed by atoms with Gasteiger partial charge in [-0.15, -0.1) is 0 Å². The topological polar surface area (TPSA) is 73.0 Å². The van der Waals surface area contributed by atoms with Gasteiger partial charge in [0, 0.05) is 36.8 Å². The Kier molecular flexibility index (Phi) is 4.31. The Balaban J connectivity index is 1.53. The lowest BCUT2D eigenvalue weighted by molar-refractivity contribution is 0.0482. The molecular formula is C19H18ClN5O2. The van der Waals surface area contributed by atoms with Crippen molar-refractivity contribution < 1.29 is 4.79 Å². The number of halogens is 1. The van der Waals surface area contributed by atoms with Crippen LogP contribution in [0, 0.1) is 6.92 Å². The highest BCUT2D eigenvalue weighted by atomic mass is 35.5. The maximum absolute atomic E-state index is 12.6. The van der Waals surface area contributed by atoms with E-state index in [2.05, 4.69) is 10.2 Å². The first-order valence-electron chi connectivity index (χ1n) is 8.58. The number of likely N-dealkylation sites (tertiary alicyclic amines) is 1. The number of hydrogen-bond acceptors (Lipinski definition) is 4. The van der Waals surface area contributed by atoms with Crippen LogP contribution in [-0.4, -0.2) is 43.5 Å². The number of benzene rings is 1. The van der Waals surface area contributed by atoms with Gasteiger partial charge in [0.2, 0.25) is 0 Å².